The summed E-state index contributed by atoms with van der Waals surface area (Å²) < 4.78 is 0. The molecule has 0 aromatic carbocycles. The number of hydrogen-bond donors (Lipinski definition) is 1. The summed E-state index contributed by atoms with van der Waals surface area (Å²) in [6.45, 7) is 5.49. The van der Waals surface area contributed by atoms with E-state index < -0.39 is 5.97 Å². The molecule has 0 spiro atoms. The highest BCUT2D eigenvalue weighted by atomic mass is 32.2. The second-order valence-corrected chi connectivity index (χ2v) is 4.67. The molecule has 0 aromatic heterocycles. The molecule has 5 heteroatoms. The summed E-state index contributed by atoms with van der Waals surface area (Å²) in [5.74, 6) is 0.257. The van der Waals surface area contributed by atoms with Gasteiger partial charge in [-0.15, -0.1) is 0 Å². The smallest absolute Gasteiger partial charge is 0.323 e. The molecule has 0 aromatic rings. The summed E-state index contributed by atoms with van der Waals surface area (Å²) in [7, 11) is 0. The molecule has 15 heavy (non-hydrogen) atoms. The molecule has 1 amide bonds. The molecule has 0 bridgehead atoms. The summed E-state index contributed by atoms with van der Waals surface area (Å²) in [6.07, 6.45) is 1.03. The Morgan fingerprint density at radius 3 is 2.40 bits per heavy atom. The first-order valence-corrected chi connectivity index (χ1v) is 6.23. The van der Waals surface area contributed by atoms with Gasteiger partial charge in [0.05, 0.1) is 5.75 Å². The van der Waals surface area contributed by atoms with Crippen molar-refractivity contribution < 1.29 is 14.7 Å². The lowest BCUT2D eigenvalue weighted by Gasteiger charge is -2.24. The van der Waals surface area contributed by atoms with Crippen LogP contribution in [-0.4, -0.2) is 46.0 Å². The fraction of sp³-hybridized carbons (Fsp3) is 0.800. The highest BCUT2D eigenvalue weighted by Gasteiger charge is 2.19. The Bertz CT molecular complexity index is 219. The monoisotopic (exact) mass is 233 g/mol. The van der Waals surface area contributed by atoms with Crippen LogP contribution in [0.1, 0.15) is 27.2 Å². The van der Waals surface area contributed by atoms with E-state index in [0.29, 0.717) is 5.75 Å². The first-order chi connectivity index (χ1) is 6.99. The number of amides is 1. The Morgan fingerprint density at radius 2 is 2.00 bits per heavy atom. The summed E-state index contributed by atoms with van der Waals surface area (Å²) in [6, 6.07) is -0.0594. The van der Waals surface area contributed by atoms with Crippen LogP contribution in [0.5, 0.6) is 0 Å². The average Bonchev–Trinajstić information content (AvgIpc) is 2.13. The van der Waals surface area contributed by atoms with Gasteiger partial charge in [0.2, 0.25) is 5.91 Å². The first kappa shape index (κ1) is 14.3. The van der Waals surface area contributed by atoms with Gasteiger partial charge in [0.25, 0.3) is 0 Å². The second kappa shape index (κ2) is 7.56. The van der Waals surface area contributed by atoms with Crippen LogP contribution in [0, 0.1) is 0 Å². The maximum atomic E-state index is 11.6. The van der Waals surface area contributed by atoms with Crippen molar-refractivity contribution >= 4 is 23.6 Å². The minimum absolute atomic E-state index is 0.0594. The molecule has 0 aliphatic rings. The molecular weight excluding hydrogens is 214 g/mol. The van der Waals surface area contributed by atoms with E-state index in [1.54, 1.807) is 11.8 Å². The van der Waals surface area contributed by atoms with E-state index in [-0.39, 0.29) is 18.5 Å². The molecule has 4 nitrogen and oxygen atoms in total. The van der Waals surface area contributed by atoms with E-state index in [4.69, 9.17) is 5.11 Å². The van der Waals surface area contributed by atoms with E-state index in [9.17, 15) is 9.59 Å². The third-order valence-corrected chi connectivity index (χ3v) is 2.97. The number of thioether (sulfide) groups is 1. The zero-order valence-electron chi connectivity index (χ0n) is 9.52. The number of carbonyl (C=O) groups is 2. The molecule has 88 valence electrons. The van der Waals surface area contributed by atoms with Crippen LogP contribution in [0.15, 0.2) is 0 Å². The lowest BCUT2D eigenvalue weighted by molar-refractivity contribution is -0.144. The normalized spacial score (nSPS) is 10.4. The van der Waals surface area contributed by atoms with Gasteiger partial charge < -0.3 is 10.0 Å². The molecule has 0 aliphatic carbocycles. The predicted octanol–water partition coefficient (Wildman–Crippen LogP) is 1.45. The summed E-state index contributed by atoms with van der Waals surface area (Å²) in [4.78, 5) is 23.6. The van der Waals surface area contributed by atoms with Gasteiger partial charge in [-0.05, 0) is 26.0 Å². The van der Waals surface area contributed by atoms with Gasteiger partial charge in [-0.3, -0.25) is 9.59 Å². The molecule has 0 heterocycles. The van der Waals surface area contributed by atoms with Gasteiger partial charge in [-0.2, -0.15) is 11.8 Å². The van der Waals surface area contributed by atoms with E-state index in [0.717, 1.165) is 12.2 Å². The molecule has 0 aliphatic heterocycles. The van der Waals surface area contributed by atoms with Gasteiger partial charge in [-0.1, -0.05) is 6.92 Å². The number of nitrogens with zero attached hydrogens (tertiary/aromatic N) is 1. The van der Waals surface area contributed by atoms with Crippen LogP contribution in [0.2, 0.25) is 0 Å². The molecule has 0 rings (SSSR count). The van der Waals surface area contributed by atoms with Crippen molar-refractivity contribution in [3.05, 3.63) is 0 Å². The Labute approximate surface area is 95.0 Å². The highest BCUT2D eigenvalue weighted by Crippen LogP contribution is 2.07. The largest absolute Gasteiger partial charge is 0.480 e. The minimum atomic E-state index is -0.961. The maximum absolute atomic E-state index is 11.6. The quantitative estimate of drug-likeness (QED) is 0.676. The number of carboxylic acids is 1. The fourth-order valence-corrected chi connectivity index (χ4v) is 1.86. The Hall–Kier alpha value is -0.710. The lowest BCUT2D eigenvalue weighted by atomic mass is 10.3. The van der Waals surface area contributed by atoms with Crippen molar-refractivity contribution in [2.45, 2.75) is 33.2 Å². The predicted molar refractivity (Wildman–Crippen MR) is 62.1 cm³/mol. The summed E-state index contributed by atoms with van der Waals surface area (Å²) in [5, 5.41) is 8.65. The van der Waals surface area contributed by atoms with Gasteiger partial charge in [0.1, 0.15) is 6.54 Å². The molecule has 0 saturated heterocycles. The Kier molecular flexibility index (Phi) is 7.21. The van der Waals surface area contributed by atoms with Crippen molar-refractivity contribution in [1.82, 2.24) is 4.90 Å². The fourth-order valence-electron chi connectivity index (χ4n) is 1.09. The van der Waals surface area contributed by atoms with Crippen molar-refractivity contribution in [2.75, 3.05) is 18.1 Å². The number of carbonyl (C=O) groups excluding carboxylic acids is 1. The molecule has 0 unspecified atom stereocenters. The zero-order chi connectivity index (χ0) is 11.8. The third kappa shape index (κ3) is 6.38. The van der Waals surface area contributed by atoms with E-state index in [1.165, 1.54) is 4.90 Å². The molecule has 0 saturated carbocycles. The number of carboxylic acid groups (broad SMARTS) is 1. The Morgan fingerprint density at radius 1 is 1.40 bits per heavy atom. The third-order valence-electron chi connectivity index (χ3n) is 1.82. The van der Waals surface area contributed by atoms with Gasteiger partial charge in [-0.25, -0.2) is 0 Å². The number of rotatable bonds is 7. The standard InChI is InChI=1S/C10H19NO3S/c1-4-5-15-7-9(12)11(8(2)3)6-10(13)14/h8H,4-7H2,1-3H3,(H,13,14). The first-order valence-electron chi connectivity index (χ1n) is 5.08. The van der Waals surface area contributed by atoms with E-state index in [2.05, 4.69) is 6.92 Å². The van der Waals surface area contributed by atoms with Crippen LogP contribution >= 0.6 is 11.8 Å². The van der Waals surface area contributed by atoms with Crippen LogP contribution in [0.4, 0.5) is 0 Å². The van der Waals surface area contributed by atoms with Crippen LogP contribution in [-0.2, 0) is 9.59 Å². The van der Waals surface area contributed by atoms with Crippen molar-refractivity contribution in [3.8, 4) is 0 Å². The van der Waals surface area contributed by atoms with Crippen molar-refractivity contribution in [3.63, 3.8) is 0 Å². The van der Waals surface area contributed by atoms with Crippen molar-refractivity contribution in [2.24, 2.45) is 0 Å². The lowest BCUT2D eigenvalue weighted by Crippen LogP contribution is -2.41. The second-order valence-electron chi connectivity index (χ2n) is 3.56. The zero-order valence-corrected chi connectivity index (χ0v) is 10.3. The van der Waals surface area contributed by atoms with Crippen LogP contribution < -0.4 is 0 Å². The van der Waals surface area contributed by atoms with Gasteiger partial charge in [0, 0.05) is 6.04 Å². The number of aliphatic carboxylic acids is 1. The molecule has 0 fully saturated rings. The molecule has 0 radical (unpaired) electrons. The van der Waals surface area contributed by atoms with E-state index >= 15 is 0 Å². The Balaban J connectivity index is 4.11. The molecule has 0 atom stereocenters. The summed E-state index contributed by atoms with van der Waals surface area (Å²) in [5.41, 5.74) is 0. The maximum Gasteiger partial charge on any atom is 0.323 e. The molecule has 1 N–H and O–H groups in total. The topological polar surface area (TPSA) is 57.6 Å². The van der Waals surface area contributed by atoms with Crippen LogP contribution in [0.25, 0.3) is 0 Å². The van der Waals surface area contributed by atoms with E-state index in [1.807, 2.05) is 13.8 Å². The molecular formula is C10H19NO3S. The van der Waals surface area contributed by atoms with Gasteiger partial charge in [0.15, 0.2) is 0 Å². The number of hydrogen-bond acceptors (Lipinski definition) is 3. The van der Waals surface area contributed by atoms with Gasteiger partial charge >= 0.3 is 5.97 Å². The summed E-state index contributed by atoms with van der Waals surface area (Å²) >= 11 is 1.55. The average molecular weight is 233 g/mol. The van der Waals surface area contributed by atoms with Crippen molar-refractivity contribution in [1.29, 1.82) is 0 Å². The van der Waals surface area contributed by atoms with Crippen LogP contribution in [0.3, 0.4) is 0 Å². The highest BCUT2D eigenvalue weighted by molar-refractivity contribution is 7.99. The SMILES string of the molecule is CCCSCC(=O)N(CC(=O)O)C(C)C. The minimum Gasteiger partial charge on any atom is -0.480 e.